The molecule has 0 spiro atoms. The van der Waals surface area contributed by atoms with E-state index in [1.165, 1.54) is 31.3 Å². The Morgan fingerprint density at radius 2 is 1.00 bits per heavy atom. The summed E-state index contributed by atoms with van der Waals surface area (Å²) in [5, 5.41) is 6.90. The number of fused-ring (bicyclic) bond motifs is 9. The average molecular weight is 760 g/mol. The van der Waals surface area contributed by atoms with Gasteiger partial charge in [-0.25, -0.2) is 0 Å². The molecule has 3 nitrogen and oxygen atoms in total. The van der Waals surface area contributed by atoms with Gasteiger partial charge in [0.2, 0.25) is 0 Å². The lowest BCUT2D eigenvalue weighted by Gasteiger charge is -2.28. The second-order valence-corrected chi connectivity index (χ2v) is 15.8. The SMILES string of the molecule is c1ccc(-c2cccc3c2oc2ccc(-c4ccc(N(c5cccc6oc7ccccc7c56)c5ccc(-c6ccccc6)c6sc7ccccc7c56)cc4)cc23)cc1. The summed E-state index contributed by atoms with van der Waals surface area (Å²) >= 11 is 1.86. The highest BCUT2D eigenvalue weighted by atomic mass is 32.1. The number of furan rings is 2. The highest BCUT2D eigenvalue weighted by molar-refractivity contribution is 7.26. The largest absolute Gasteiger partial charge is 0.456 e. The third-order valence-corrected chi connectivity index (χ3v) is 12.7. The molecule has 0 saturated carbocycles. The van der Waals surface area contributed by atoms with Crippen LogP contribution >= 0.6 is 11.3 Å². The molecule has 9 aromatic carbocycles. The first-order valence-corrected chi connectivity index (χ1v) is 20.4. The molecule has 0 amide bonds. The van der Waals surface area contributed by atoms with E-state index < -0.39 is 0 Å². The molecule has 12 rings (SSSR count). The fourth-order valence-electron chi connectivity index (χ4n) is 8.82. The lowest BCUT2D eigenvalue weighted by Crippen LogP contribution is -2.11. The number of hydrogen-bond acceptors (Lipinski definition) is 4. The third-order valence-electron chi connectivity index (χ3n) is 11.5. The van der Waals surface area contributed by atoms with Crippen LogP contribution in [0, 0.1) is 0 Å². The van der Waals surface area contributed by atoms with Crippen LogP contribution in [0.2, 0.25) is 0 Å². The molecule has 272 valence electrons. The summed E-state index contributed by atoms with van der Waals surface area (Å²) in [6.45, 7) is 0. The molecule has 4 heteroatoms. The minimum absolute atomic E-state index is 0.865. The molecule has 0 fully saturated rings. The number of rotatable bonds is 6. The normalized spacial score (nSPS) is 11.8. The minimum atomic E-state index is 0.865. The van der Waals surface area contributed by atoms with E-state index in [1.807, 2.05) is 23.5 Å². The van der Waals surface area contributed by atoms with E-state index in [9.17, 15) is 0 Å². The van der Waals surface area contributed by atoms with E-state index in [0.717, 1.165) is 83.2 Å². The summed E-state index contributed by atoms with van der Waals surface area (Å²) in [5.74, 6) is 0. The lowest BCUT2D eigenvalue weighted by atomic mass is 9.98. The Bertz CT molecular complexity index is 3500. The monoisotopic (exact) mass is 759 g/mol. The van der Waals surface area contributed by atoms with Gasteiger partial charge < -0.3 is 13.7 Å². The van der Waals surface area contributed by atoms with Gasteiger partial charge in [0.25, 0.3) is 0 Å². The van der Waals surface area contributed by atoms with Gasteiger partial charge in [-0.3, -0.25) is 0 Å². The van der Waals surface area contributed by atoms with Gasteiger partial charge in [-0.05, 0) is 82.4 Å². The maximum absolute atomic E-state index is 6.52. The minimum Gasteiger partial charge on any atom is -0.456 e. The third kappa shape index (κ3) is 5.12. The Morgan fingerprint density at radius 3 is 1.83 bits per heavy atom. The van der Waals surface area contributed by atoms with E-state index in [-0.39, 0.29) is 0 Å². The van der Waals surface area contributed by atoms with E-state index in [2.05, 4.69) is 193 Å². The van der Waals surface area contributed by atoms with Crippen molar-refractivity contribution in [2.75, 3.05) is 4.90 Å². The molecule has 12 aromatic rings. The number of thiophene rings is 1. The van der Waals surface area contributed by atoms with Crippen molar-refractivity contribution in [3.05, 3.63) is 200 Å². The van der Waals surface area contributed by atoms with Crippen LogP contribution in [0.5, 0.6) is 0 Å². The van der Waals surface area contributed by atoms with Crippen molar-refractivity contribution in [1.29, 1.82) is 0 Å². The number of anilines is 3. The summed E-state index contributed by atoms with van der Waals surface area (Å²) in [6.07, 6.45) is 0. The molecule has 0 radical (unpaired) electrons. The van der Waals surface area contributed by atoms with Crippen molar-refractivity contribution in [3.63, 3.8) is 0 Å². The molecule has 0 unspecified atom stereocenters. The number of hydrogen-bond donors (Lipinski definition) is 0. The first kappa shape index (κ1) is 32.8. The molecule has 0 saturated heterocycles. The zero-order valence-electron chi connectivity index (χ0n) is 31.2. The van der Waals surface area contributed by atoms with Gasteiger partial charge in [0.1, 0.15) is 22.3 Å². The van der Waals surface area contributed by atoms with Gasteiger partial charge in [-0.1, -0.05) is 146 Å². The molecule has 0 N–H and O–H groups in total. The van der Waals surface area contributed by atoms with Crippen LogP contribution in [0.25, 0.3) is 97.4 Å². The first-order valence-electron chi connectivity index (χ1n) is 19.6. The summed E-state index contributed by atoms with van der Waals surface area (Å²) < 4.78 is 15.5. The number of para-hydroxylation sites is 2. The quantitative estimate of drug-likeness (QED) is 0.169. The smallest absolute Gasteiger partial charge is 0.143 e. The van der Waals surface area contributed by atoms with E-state index in [4.69, 9.17) is 8.83 Å². The van der Waals surface area contributed by atoms with Crippen molar-refractivity contribution in [3.8, 4) is 33.4 Å². The van der Waals surface area contributed by atoms with Crippen LogP contribution < -0.4 is 4.90 Å². The van der Waals surface area contributed by atoms with Crippen molar-refractivity contribution >= 4 is 92.4 Å². The Kier molecular flexibility index (Phi) is 7.40. The van der Waals surface area contributed by atoms with Crippen molar-refractivity contribution in [2.24, 2.45) is 0 Å². The number of benzene rings is 9. The number of nitrogens with zero attached hydrogens (tertiary/aromatic N) is 1. The zero-order valence-corrected chi connectivity index (χ0v) is 32.0. The average Bonchev–Trinajstić information content (AvgIpc) is 3.99. The van der Waals surface area contributed by atoms with E-state index >= 15 is 0 Å². The van der Waals surface area contributed by atoms with Gasteiger partial charge in [-0.2, -0.15) is 0 Å². The highest BCUT2D eigenvalue weighted by Crippen LogP contribution is 2.50. The summed E-state index contributed by atoms with van der Waals surface area (Å²) in [4.78, 5) is 2.43. The molecular formula is C54H33NO2S. The van der Waals surface area contributed by atoms with Gasteiger partial charge in [0, 0.05) is 47.6 Å². The van der Waals surface area contributed by atoms with Crippen LogP contribution in [-0.2, 0) is 0 Å². The maximum atomic E-state index is 6.52. The maximum Gasteiger partial charge on any atom is 0.143 e. The summed E-state index contributed by atoms with van der Waals surface area (Å²) in [6, 6.07) is 71.3. The molecule has 0 bridgehead atoms. The van der Waals surface area contributed by atoms with Crippen LogP contribution in [-0.4, -0.2) is 0 Å². The van der Waals surface area contributed by atoms with Crippen LogP contribution in [0.4, 0.5) is 17.1 Å². The fourth-order valence-corrected chi connectivity index (χ4v) is 10.1. The van der Waals surface area contributed by atoms with Crippen LogP contribution in [0.15, 0.2) is 209 Å². The van der Waals surface area contributed by atoms with Crippen molar-refractivity contribution in [1.82, 2.24) is 0 Å². The van der Waals surface area contributed by atoms with Gasteiger partial charge in [0.05, 0.1) is 16.8 Å². The zero-order chi connectivity index (χ0) is 38.2. The molecule has 0 atom stereocenters. The van der Waals surface area contributed by atoms with Crippen LogP contribution in [0.1, 0.15) is 0 Å². The molecular weight excluding hydrogens is 727 g/mol. The molecule has 58 heavy (non-hydrogen) atoms. The second kappa shape index (κ2) is 13.1. The first-order chi connectivity index (χ1) is 28.8. The Labute approximate surface area is 338 Å². The highest BCUT2D eigenvalue weighted by Gasteiger charge is 2.24. The van der Waals surface area contributed by atoms with E-state index in [1.54, 1.807) is 0 Å². The van der Waals surface area contributed by atoms with E-state index in [0.29, 0.717) is 0 Å². The molecule has 3 aromatic heterocycles. The lowest BCUT2D eigenvalue weighted by molar-refractivity contribution is 0.669. The fraction of sp³-hybridized carbons (Fsp3) is 0. The Morgan fingerprint density at radius 1 is 0.362 bits per heavy atom. The predicted octanol–water partition coefficient (Wildman–Crippen LogP) is 16.3. The summed E-state index contributed by atoms with van der Waals surface area (Å²) in [5.41, 5.74) is 13.8. The topological polar surface area (TPSA) is 29.5 Å². The van der Waals surface area contributed by atoms with Gasteiger partial charge in [-0.15, -0.1) is 11.3 Å². The standard InChI is InChI=1S/C54H33NO2S/c1-3-13-35(14-4-1)39-19-11-20-41-44-33-37(27-32-48(44)57-53(39)41)34-25-28-38(29-26-34)55(45-21-12-23-49-51(45)42-17-7-9-22-47(42)56-49)46-31-30-40(36-15-5-2-6-16-36)54-52(46)43-18-8-10-24-50(43)58-54/h1-33H. The molecule has 3 heterocycles. The Balaban J connectivity index is 1.06. The Hall–Kier alpha value is -7.40. The van der Waals surface area contributed by atoms with Crippen molar-refractivity contribution in [2.45, 2.75) is 0 Å². The summed E-state index contributed by atoms with van der Waals surface area (Å²) in [7, 11) is 0. The van der Waals surface area contributed by atoms with Gasteiger partial charge >= 0.3 is 0 Å². The molecule has 0 aliphatic heterocycles. The molecule has 0 aliphatic carbocycles. The predicted molar refractivity (Wildman–Crippen MR) is 245 cm³/mol. The second-order valence-electron chi connectivity index (χ2n) is 14.8. The molecule has 0 aliphatic rings. The van der Waals surface area contributed by atoms with Crippen LogP contribution in [0.3, 0.4) is 0 Å². The van der Waals surface area contributed by atoms with Gasteiger partial charge in [0.15, 0.2) is 0 Å². The van der Waals surface area contributed by atoms with Crippen molar-refractivity contribution < 1.29 is 8.83 Å².